The number of nitrogens with zero attached hydrogens (tertiary/aromatic N) is 2. The third-order valence-corrected chi connectivity index (χ3v) is 5.86. The lowest BCUT2D eigenvalue weighted by atomic mass is 10.2. The monoisotopic (exact) mass is 336 g/mol. The van der Waals surface area contributed by atoms with Gasteiger partial charge in [-0.25, -0.2) is 8.42 Å². The van der Waals surface area contributed by atoms with Crippen molar-refractivity contribution in [2.75, 3.05) is 32.7 Å². The van der Waals surface area contributed by atoms with Crippen LogP contribution < -0.4 is 0 Å². The van der Waals surface area contributed by atoms with E-state index in [4.69, 9.17) is 0 Å². The zero-order valence-electron chi connectivity index (χ0n) is 13.9. The first-order valence-electron chi connectivity index (χ1n) is 7.77. The van der Waals surface area contributed by atoms with Gasteiger partial charge in [0.1, 0.15) is 0 Å². The number of hydrogen-bond acceptors (Lipinski definition) is 4. The van der Waals surface area contributed by atoms with Gasteiger partial charge in [-0.05, 0) is 32.9 Å². The van der Waals surface area contributed by atoms with Crippen molar-refractivity contribution in [3.05, 3.63) is 41.5 Å². The summed E-state index contributed by atoms with van der Waals surface area (Å²) in [5, 5.41) is 0. The van der Waals surface area contributed by atoms with Crippen molar-refractivity contribution in [2.24, 2.45) is 0 Å². The zero-order valence-corrected chi connectivity index (χ0v) is 14.8. The third kappa shape index (κ3) is 4.50. The molecular weight excluding hydrogens is 312 g/mol. The Morgan fingerprint density at radius 3 is 2.35 bits per heavy atom. The van der Waals surface area contributed by atoms with E-state index in [1.807, 2.05) is 0 Å². The van der Waals surface area contributed by atoms with E-state index < -0.39 is 10.0 Å². The predicted molar refractivity (Wildman–Crippen MR) is 91.1 cm³/mol. The lowest BCUT2D eigenvalue weighted by Crippen LogP contribution is -2.48. The van der Waals surface area contributed by atoms with Crippen LogP contribution in [-0.2, 0) is 10.0 Å². The van der Waals surface area contributed by atoms with Gasteiger partial charge in [0, 0.05) is 38.3 Å². The quantitative estimate of drug-likeness (QED) is 0.611. The number of benzene rings is 1. The van der Waals surface area contributed by atoms with E-state index in [9.17, 15) is 13.2 Å². The van der Waals surface area contributed by atoms with E-state index in [-0.39, 0.29) is 10.7 Å². The van der Waals surface area contributed by atoms with E-state index in [1.165, 1.54) is 22.9 Å². The Bertz CT molecular complexity index is 698. The fourth-order valence-electron chi connectivity index (χ4n) is 2.49. The van der Waals surface area contributed by atoms with Gasteiger partial charge >= 0.3 is 0 Å². The zero-order chi connectivity index (χ0) is 17.0. The molecule has 0 bridgehead atoms. The maximum absolute atomic E-state index is 12.7. The average molecular weight is 336 g/mol. The number of allylic oxidation sites excluding steroid dienone is 1. The van der Waals surface area contributed by atoms with Crippen molar-refractivity contribution in [3.63, 3.8) is 0 Å². The molecule has 0 aliphatic carbocycles. The fourth-order valence-corrected chi connectivity index (χ4v) is 3.96. The molecule has 1 aromatic carbocycles. The number of piperazine rings is 1. The summed E-state index contributed by atoms with van der Waals surface area (Å²) in [4.78, 5) is 13.9. The predicted octanol–water partition coefficient (Wildman–Crippen LogP) is 2.16. The van der Waals surface area contributed by atoms with Crippen LogP contribution in [-0.4, -0.2) is 56.1 Å². The summed E-state index contributed by atoms with van der Waals surface area (Å²) in [5.41, 5.74) is 1.69. The van der Waals surface area contributed by atoms with Gasteiger partial charge in [0.05, 0.1) is 4.90 Å². The molecule has 0 amide bonds. The first-order valence-corrected chi connectivity index (χ1v) is 9.21. The molecule has 0 N–H and O–H groups in total. The maximum Gasteiger partial charge on any atom is 0.243 e. The van der Waals surface area contributed by atoms with Crippen LogP contribution in [0.1, 0.15) is 31.1 Å². The highest BCUT2D eigenvalue weighted by molar-refractivity contribution is 7.89. The highest BCUT2D eigenvalue weighted by Crippen LogP contribution is 2.19. The minimum Gasteiger partial charge on any atom is -0.297 e. The largest absolute Gasteiger partial charge is 0.297 e. The molecule has 0 unspecified atom stereocenters. The van der Waals surface area contributed by atoms with Crippen LogP contribution in [0.25, 0.3) is 0 Å². The molecule has 0 radical (unpaired) electrons. The van der Waals surface area contributed by atoms with Crippen LogP contribution in [0.2, 0.25) is 0 Å². The van der Waals surface area contributed by atoms with Gasteiger partial charge in [-0.2, -0.15) is 4.31 Å². The van der Waals surface area contributed by atoms with Crippen LogP contribution in [0.4, 0.5) is 0 Å². The van der Waals surface area contributed by atoms with E-state index >= 15 is 0 Å². The molecule has 23 heavy (non-hydrogen) atoms. The molecule has 1 heterocycles. The normalized spacial score (nSPS) is 17.0. The summed E-state index contributed by atoms with van der Waals surface area (Å²) in [5.74, 6) is -0.131. The van der Waals surface area contributed by atoms with Crippen LogP contribution in [0.3, 0.4) is 0 Å². The Morgan fingerprint density at radius 1 is 1.13 bits per heavy atom. The number of Topliss-reactive ketones (excluding diaryl/α,β-unsaturated/α-hetero) is 1. The van der Waals surface area contributed by atoms with Gasteiger partial charge in [-0.15, -0.1) is 0 Å². The van der Waals surface area contributed by atoms with Crippen LogP contribution in [0, 0.1) is 0 Å². The van der Waals surface area contributed by atoms with E-state index in [0.717, 1.165) is 19.6 Å². The van der Waals surface area contributed by atoms with Crippen LogP contribution >= 0.6 is 0 Å². The molecule has 0 aromatic heterocycles. The lowest BCUT2D eigenvalue weighted by Gasteiger charge is -2.33. The van der Waals surface area contributed by atoms with Gasteiger partial charge in [0.2, 0.25) is 10.0 Å². The molecule has 126 valence electrons. The summed E-state index contributed by atoms with van der Waals surface area (Å²) in [6.07, 6.45) is 2.15. The Morgan fingerprint density at radius 2 is 1.78 bits per heavy atom. The maximum atomic E-state index is 12.7. The topological polar surface area (TPSA) is 57.7 Å². The number of carbonyl (C=O) groups is 1. The van der Waals surface area contributed by atoms with Gasteiger partial charge in [0.15, 0.2) is 5.78 Å². The SMILES string of the molecule is CC(=O)c1cccc(S(=O)(=O)N2CCN(CC=C(C)C)CC2)c1. The highest BCUT2D eigenvalue weighted by atomic mass is 32.2. The van der Waals surface area contributed by atoms with E-state index in [0.29, 0.717) is 18.7 Å². The van der Waals surface area contributed by atoms with Gasteiger partial charge in [-0.1, -0.05) is 23.8 Å². The standard InChI is InChI=1S/C17H24N2O3S/c1-14(2)7-8-18-9-11-19(12-10-18)23(21,22)17-6-4-5-16(13-17)15(3)20/h4-7,13H,8-12H2,1-3H3. The first-order chi connectivity index (χ1) is 10.8. The molecule has 1 fully saturated rings. The molecular formula is C17H24N2O3S. The Labute approximate surface area is 138 Å². The van der Waals surface area contributed by atoms with E-state index in [2.05, 4.69) is 24.8 Å². The second kappa shape index (κ2) is 7.38. The van der Waals surface area contributed by atoms with Crippen molar-refractivity contribution in [1.82, 2.24) is 9.21 Å². The van der Waals surface area contributed by atoms with Crippen molar-refractivity contribution in [3.8, 4) is 0 Å². The molecule has 1 aliphatic rings. The second-order valence-corrected chi connectivity index (χ2v) is 8.01. The summed E-state index contributed by atoms with van der Waals surface area (Å²) in [7, 11) is -3.53. The Kier molecular flexibility index (Phi) is 5.73. The van der Waals surface area contributed by atoms with Gasteiger partial charge in [0.25, 0.3) is 0 Å². The molecule has 0 saturated carbocycles. The van der Waals surface area contributed by atoms with Gasteiger partial charge < -0.3 is 0 Å². The lowest BCUT2D eigenvalue weighted by molar-refractivity contribution is 0.101. The highest BCUT2D eigenvalue weighted by Gasteiger charge is 2.28. The molecule has 6 heteroatoms. The molecule has 1 aromatic rings. The minimum atomic E-state index is -3.53. The third-order valence-electron chi connectivity index (χ3n) is 3.97. The minimum absolute atomic E-state index is 0.131. The number of carbonyl (C=O) groups excluding carboxylic acids is 1. The Hall–Kier alpha value is -1.50. The summed E-state index contributed by atoms with van der Waals surface area (Å²) >= 11 is 0. The van der Waals surface area contributed by atoms with E-state index in [1.54, 1.807) is 18.2 Å². The molecule has 1 aliphatic heterocycles. The Balaban J connectivity index is 2.09. The van der Waals surface area contributed by atoms with Crippen molar-refractivity contribution in [1.29, 1.82) is 0 Å². The average Bonchev–Trinajstić information content (AvgIpc) is 2.53. The number of sulfonamides is 1. The second-order valence-electron chi connectivity index (χ2n) is 6.07. The van der Waals surface area contributed by atoms with Crippen molar-refractivity contribution < 1.29 is 13.2 Å². The summed E-state index contributed by atoms with van der Waals surface area (Å²) in [6, 6.07) is 6.28. The molecule has 1 saturated heterocycles. The van der Waals surface area contributed by atoms with Crippen LogP contribution in [0.5, 0.6) is 0 Å². The molecule has 5 nitrogen and oxygen atoms in total. The summed E-state index contributed by atoms with van der Waals surface area (Å²) in [6.45, 7) is 8.80. The first kappa shape index (κ1) is 17.8. The number of rotatable bonds is 5. The van der Waals surface area contributed by atoms with Gasteiger partial charge in [-0.3, -0.25) is 9.69 Å². The summed E-state index contributed by atoms with van der Waals surface area (Å²) < 4.78 is 26.9. The molecule has 2 rings (SSSR count). The smallest absolute Gasteiger partial charge is 0.243 e. The fraction of sp³-hybridized carbons (Fsp3) is 0.471. The van der Waals surface area contributed by atoms with Crippen LogP contribution in [0.15, 0.2) is 40.8 Å². The number of hydrogen-bond donors (Lipinski definition) is 0. The van der Waals surface area contributed by atoms with Crippen molar-refractivity contribution >= 4 is 15.8 Å². The van der Waals surface area contributed by atoms with Crippen molar-refractivity contribution in [2.45, 2.75) is 25.7 Å². The number of ketones is 1. The molecule has 0 atom stereocenters. The molecule has 0 spiro atoms.